The van der Waals surface area contributed by atoms with Crippen molar-refractivity contribution in [3.05, 3.63) is 22.2 Å². The summed E-state index contributed by atoms with van der Waals surface area (Å²) >= 11 is 0. The SMILES string of the molecule is Cc1cn([C@]23O[C@H](CO)C(O)[C@@H]2C3F)c(=O)nc1N. The van der Waals surface area contributed by atoms with Crippen LogP contribution in [0.1, 0.15) is 5.56 Å². The Balaban J connectivity index is 2.08. The first-order valence-electron chi connectivity index (χ1n) is 5.90. The number of alkyl halides is 1. The van der Waals surface area contributed by atoms with Gasteiger partial charge in [-0.05, 0) is 6.92 Å². The zero-order chi connectivity index (χ0) is 13.9. The molecule has 3 rings (SSSR count). The van der Waals surface area contributed by atoms with Crippen molar-refractivity contribution in [2.24, 2.45) is 5.92 Å². The first-order valence-corrected chi connectivity index (χ1v) is 5.90. The van der Waals surface area contributed by atoms with E-state index in [1.165, 1.54) is 6.20 Å². The molecule has 0 radical (unpaired) electrons. The van der Waals surface area contributed by atoms with Crippen LogP contribution in [-0.2, 0) is 10.5 Å². The number of aryl methyl sites for hydroxylation is 1. The van der Waals surface area contributed by atoms with E-state index in [-0.39, 0.29) is 5.82 Å². The number of nitrogens with two attached hydrogens (primary N) is 1. The maximum absolute atomic E-state index is 13.9. The molecule has 1 aliphatic heterocycles. The Morgan fingerprint density at radius 2 is 2.37 bits per heavy atom. The van der Waals surface area contributed by atoms with Crippen molar-refractivity contribution in [3.63, 3.8) is 0 Å². The third-order valence-corrected chi connectivity index (χ3v) is 3.87. The largest absolute Gasteiger partial charge is 0.394 e. The topological polar surface area (TPSA) is 111 Å². The van der Waals surface area contributed by atoms with Crippen LogP contribution in [0.15, 0.2) is 11.0 Å². The van der Waals surface area contributed by atoms with Crippen molar-refractivity contribution in [2.45, 2.75) is 31.0 Å². The summed E-state index contributed by atoms with van der Waals surface area (Å²) in [4.78, 5) is 15.4. The van der Waals surface area contributed by atoms with Crippen LogP contribution in [0, 0.1) is 12.8 Å². The van der Waals surface area contributed by atoms with E-state index in [0.29, 0.717) is 5.56 Å². The molecule has 0 spiro atoms. The fourth-order valence-electron chi connectivity index (χ4n) is 2.75. The van der Waals surface area contributed by atoms with Gasteiger partial charge in [0.05, 0.1) is 18.6 Å². The van der Waals surface area contributed by atoms with E-state index in [9.17, 15) is 14.3 Å². The van der Waals surface area contributed by atoms with Gasteiger partial charge in [0.25, 0.3) is 0 Å². The van der Waals surface area contributed by atoms with Gasteiger partial charge in [0.1, 0.15) is 11.9 Å². The maximum atomic E-state index is 13.9. The Morgan fingerprint density at radius 3 is 3.00 bits per heavy atom. The van der Waals surface area contributed by atoms with Crippen LogP contribution in [0.2, 0.25) is 0 Å². The fraction of sp³-hybridized carbons (Fsp3) is 0.636. The van der Waals surface area contributed by atoms with Gasteiger partial charge in [-0.25, -0.2) is 9.18 Å². The number of fused-ring (bicyclic) bond motifs is 1. The molecule has 5 atom stereocenters. The van der Waals surface area contributed by atoms with Crippen LogP contribution in [0.4, 0.5) is 10.2 Å². The number of ether oxygens (including phenoxy) is 1. The summed E-state index contributed by atoms with van der Waals surface area (Å²) in [6, 6.07) is 0. The maximum Gasteiger partial charge on any atom is 0.351 e. The van der Waals surface area contributed by atoms with E-state index in [0.717, 1.165) is 4.57 Å². The van der Waals surface area contributed by atoms with E-state index in [4.69, 9.17) is 15.6 Å². The van der Waals surface area contributed by atoms with E-state index in [1.54, 1.807) is 6.92 Å². The van der Waals surface area contributed by atoms with Crippen LogP contribution in [0.3, 0.4) is 0 Å². The molecule has 1 aromatic rings. The van der Waals surface area contributed by atoms with Gasteiger partial charge in [0, 0.05) is 11.8 Å². The summed E-state index contributed by atoms with van der Waals surface area (Å²) in [6.07, 6.45) is -2.19. The van der Waals surface area contributed by atoms with Crippen LogP contribution < -0.4 is 11.4 Å². The van der Waals surface area contributed by atoms with Crippen molar-refractivity contribution < 1.29 is 19.3 Å². The molecule has 7 nitrogen and oxygen atoms in total. The highest BCUT2D eigenvalue weighted by atomic mass is 19.1. The standard InChI is InChI=1S/C11H14FN3O4/c1-4-2-15(10(18)14-9(4)13)11-6(8(11)12)7(17)5(3-16)19-11/h2,5-8,16-17H,3H2,1H3,(H2,13,14,18)/t5-,6-,7?,8?,11+/m1/s1. The Labute approximate surface area is 107 Å². The molecule has 0 bridgehead atoms. The molecule has 1 aromatic heterocycles. The van der Waals surface area contributed by atoms with Gasteiger partial charge < -0.3 is 20.7 Å². The van der Waals surface area contributed by atoms with Gasteiger partial charge in [-0.1, -0.05) is 0 Å². The number of aliphatic hydroxyl groups excluding tert-OH is 2. The summed E-state index contributed by atoms with van der Waals surface area (Å²) in [5, 5.41) is 18.9. The molecular weight excluding hydrogens is 257 g/mol. The Bertz CT molecular complexity index is 592. The van der Waals surface area contributed by atoms with E-state index in [2.05, 4.69) is 4.98 Å². The molecule has 1 saturated carbocycles. The third kappa shape index (κ3) is 1.41. The van der Waals surface area contributed by atoms with Gasteiger partial charge >= 0.3 is 5.69 Å². The van der Waals surface area contributed by atoms with E-state index in [1.807, 2.05) is 0 Å². The van der Waals surface area contributed by atoms with Gasteiger partial charge in [-0.3, -0.25) is 4.57 Å². The molecule has 0 aromatic carbocycles. The minimum atomic E-state index is -1.56. The number of rotatable bonds is 2. The zero-order valence-corrected chi connectivity index (χ0v) is 10.2. The van der Waals surface area contributed by atoms with Crippen molar-refractivity contribution in [1.82, 2.24) is 9.55 Å². The smallest absolute Gasteiger partial charge is 0.351 e. The Morgan fingerprint density at radius 1 is 1.68 bits per heavy atom. The second-order valence-electron chi connectivity index (χ2n) is 4.97. The van der Waals surface area contributed by atoms with Gasteiger partial charge in [0.2, 0.25) is 0 Å². The highest BCUT2D eigenvalue weighted by Gasteiger charge is 2.78. The lowest BCUT2D eigenvalue weighted by atomic mass is 10.1. The number of aliphatic hydroxyl groups is 2. The number of anilines is 1. The van der Waals surface area contributed by atoms with Gasteiger partial charge in [0.15, 0.2) is 11.9 Å². The van der Waals surface area contributed by atoms with Crippen molar-refractivity contribution >= 4 is 5.82 Å². The van der Waals surface area contributed by atoms with Crippen LogP contribution in [0.5, 0.6) is 0 Å². The summed E-state index contributed by atoms with van der Waals surface area (Å²) in [7, 11) is 0. The monoisotopic (exact) mass is 271 g/mol. The fourth-order valence-corrected chi connectivity index (χ4v) is 2.75. The van der Waals surface area contributed by atoms with E-state index >= 15 is 0 Å². The molecule has 2 fully saturated rings. The van der Waals surface area contributed by atoms with Crippen molar-refractivity contribution in [3.8, 4) is 0 Å². The first-order chi connectivity index (χ1) is 8.93. The molecule has 2 unspecified atom stereocenters. The molecule has 4 N–H and O–H groups in total. The normalized spacial score (nSPS) is 40.2. The van der Waals surface area contributed by atoms with Crippen molar-refractivity contribution in [1.29, 1.82) is 0 Å². The van der Waals surface area contributed by atoms with Gasteiger partial charge in [-0.2, -0.15) is 4.98 Å². The number of halogens is 1. The molecular formula is C11H14FN3O4. The highest BCUT2D eigenvalue weighted by molar-refractivity contribution is 5.36. The molecule has 0 amide bonds. The average molecular weight is 271 g/mol. The van der Waals surface area contributed by atoms with Crippen LogP contribution >= 0.6 is 0 Å². The zero-order valence-electron chi connectivity index (χ0n) is 10.2. The lowest BCUT2D eigenvalue weighted by Crippen LogP contribution is -2.38. The predicted octanol–water partition coefficient (Wildman–Crippen LogP) is -1.49. The molecule has 8 heteroatoms. The summed E-state index contributed by atoms with van der Waals surface area (Å²) in [5.74, 6) is -0.797. The van der Waals surface area contributed by atoms with Crippen molar-refractivity contribution in [2.75, 3.05) is 12.3 Å². The molecule has 104 valence electrons. The molecule has 2 heterocycles. The second-order valence-corrected chi connectivity index (χ2v) is 4.97. The number of aromatic nitrogens is 2. The number of nitrogen functional groups attached to an aromatic ring is 1. The van der Waals surface area contributed by atoms with E-state index < -0.39 is 42.3 Å². The lowest BCUT2D eigenvalue weighted by Gasteiger charge is -2.21. The summed E-state index contributed by atoms with van der Waals surface area (Å²) in [6.45, 7) is 1.19. The minimum absolute atomic E-state index is 0.0718. The summed E-state index contributed by atoms with van der Waals surface area (Å²) < 4.78 is 20.3. The number of nitrogens with zero attached hydrogens (tertiary/aromatic N) is 2. The molecule has 1 aliphatic carbocycles. The number of hydrogen-bond acceptors (Lipinski definition) is 6. The van der Waals surface area contributed by atoms with Gasteiger partial charge in [-0.15, -0.1) is 0 Å². The lowest BCUT2D eigenvalue weighted by molar-refractivity contribution is -0.106. The molecule has 1 saturated heterocycles. The van der Waals surface area contributed by atoms with Crippen LogP contribution in [-0.4, -0.2) is 44.8 Å². The molecule has 2 aliphatic rings. The summed E-state index contributed by atoms with van der Waals surface area (Å²) in [5.41, 5.74) is 3.73. The first kappa shape index (κ1) is 12.5. The third-order valence-electron chi connectivity index (χ3n) is 3.87. The predicted molar refractivity (Wildman–Crippen MR) is 62.0 cm³/mol. The Kier molecular flexibility index (Phi) is 2.47. The average Bonchev–Trinajstić information content (AvgIpc) is 2.81. The van der Waals surface area contributed by atoms with Crippen LogP contribution in [0.25, 0.3) is 0 Å². The quantitative estimate of drug-likeness (QED) is 0.604. The number of hydrogen-bond donors (Lipinski definition) is 3. The highest BCUT2D eigenvalue weighted by Crippen LogP contribution is 2.61. The second kappa shape index (κ2) is 3.75. The molecule has 19 heavy (non-hydrogen) atoms. The minimum Gasteiger partial charge on any atom is -0.394 e. The Hall–Kier alpha value is -1.51.